The number of hydrogen-bond acceptors (Lipinski definition) is 5. The molecule has 0 saturated heterocycles. The average molecular weight is 455 g/mol. The molecule has 0 fully saturated rings. The molecule has 4 aromatic rings. The predicted octanol–water partition coefficient (Wildman–Crippen LogP) is 5.40. The fourth-order valence-electron chi connectivity index (χ4n) is 4.47. The van der Waals surface area contributed by atoms with E-state index in [9.17, 15) is 0 Å². The summed E-state index contributed by atoms with van der Waals surface area (Å²) in [5.41, 5.74) is 5.25. The number of methoxy groups -OCH3 is 1. The SMILES string of the molecule is COc1nc(/C=C/c2nc3n(n2)CCC[C@H]3c2ccc(C(C)C)cc2)ccc1-n1cnc(C)c1. The van der Waals surface area contributed by atoms with Gasteiger partial charge in [0.15, 0.2) is 5.82 Å². The van der Waals surface area contributed by atoms with Crippen LogP contribution in [0.2, 0.25) is 0 Å². The lowest BCUT2D eigenvalue weighted by molar-refractivity contribution is 0.395. The lowest BCUT2D eigenvalue weighted by Crippen LogP contribution is -2.18. The third-order valence-corrected chi connectivity index (χ3v) is 6.34. The molecule has 3 aromatic heterocycles. The third-order valence-electron chi connectivity index (χ3n) is 6.34. The van der Waals surface area contributed by atoms with Crippen molar-refractivity contribution in [1.82, 2.24) is 29.3 Å². The van der Waals surface area contributed by atoms with E-state index in [4.69, 9.17) is 14.8 Å². The average Bonchev–Trinajstić information content (AvgIpc) is 3.48. The first-order valence-electron chi connectivity index (χ1n) is 11.8. The van der Waals surface area contributed by atoms with E-state index < -0.39 is 0 Å². The number of aromatic nitrogens is 6. The van der Waals surface area contributed by atoms with E-state index in [0.29, 0.717) is 17.6 Å². The van der Waals surface area contributed by atoms with Crippen LogP contribution in [0.5, 0.6) is 5.88 Å². The Labute approximate surface area is 200 Å². The lowest BCUT2D eigenvalue weighted by Gasteiger charge is -2.22. The van der Waals surface area contributed by atoms with Crippen LogP contribution >= 0.6 is 0 Å². The number of hydrogen-bond donors (Lipinski definition) is 0. The van der Waals surface area contributed by atoms with E-state index in [0.717, 1.165) is 42.3 Å². The zero-order valence-electron chi connectivity index (χ0n) is 20.1. The quantitative estimate of drug-likeness (QED) is 0.390. The van der Waals surface area contributed by atoms with Gasteiger partial charge in [-0.05, 0) is 61.1 Å². The van der Waals surface area contributed by atoms with Crippen molar-refractivity contribution in [3.05, 3.63) is 83.1 Å². The maximum atomic E-state index is 5.53. The van der Waals surface area contributed by atoms with Crippen LogP contribution < -0.4 is 4.74 Å². The number of pyridine rings is 1. The number of ether oxygens (including phenoxy) is 1. The molecular formula is C27H30N6O. The van der Waals surface area contributed by atoms with Gasteiger partial charge in [0.1, 0.15) is 11.5 Å². The van der Waals surface area contributed by atoms with E-state index in [1.54, 1.807) is 13.4 Å². The van der Waals surface area contributed by atoms with Gasteiger partial charge in [0.25, 0.3) is 0 Å². The van der Waals surface area contributed by atoms with Crippen LogP contribution in [-0.4, -0.2) is 36.4 Å². The largest absolute Gasteiger partial charge is 0.479 e. The van der Waals surface area contributed by atoms with Crippen LogP contribution in [0.4, 0.5) is 0 Å². The summed E-state index contributed by atoms with van der Waals surface area (Å²) in [6.45, 7) is 7.31. The first-order valence-corrected chi connectivity index (χ1v) is 11.8. The summed E-state index contributed by atoms with van der Waals surface area (Å²) in [4.78, 5) is 13.8. The monoisotopic (exact) mass is 454 g/mol. The van der Waals surface area contributed by atoms with Gasteiger partial charge in [-0.3, -0.25) is 0 Å². The summed E-state index contributed by atoms with van der Waals surface area (Å²) >= 11 is 0. The highest BCUT2D eigenvalue weighted by Crippen LogP contribution is 2.33. The Hall–Kier alpha value is -3.74. The first-order chi connectivity index (χ1) is 16.5. The van der Waals surface area contributed by atoms with Crippen molar-refractivity contribution in [3.8, 4) is 11.6 Å². The highest BCUT2D eigenvalue weighted by molar-refractivity contribution is 5.65. The standard InChI is InChI=1S/C27H30N6O/c1-18(2)20-7-9-21(10-8-20)23-6-5-15-33-26(23)30-25(31-33)14-12-22-11-13-24(27(29-22)34-4)32-16-19(3)28-17-32/h7-14,16-18,23H,5-6,15H2,1-4H3/b14-12+/t23-/m0/s1. The summed E-state index contributed by atoms with van der Waals surface area (Å²) < 4.78 is 9.49. The number of nitrogens with zero attached hydrogens (tertiary/aromatic N) is 6. The van der Waals surface area contributed by atoms with Crippen LogP contribution in [0.25, 0.3) is 17.8 Å². The van der Waals surface area contributed by atoms with Crippen molar-refractivity contribution in [2.45, 2.75) is 52.0 Å². The smallest absolute Gasteiger partial charge is 0.238 e. The minimum Gasteiger partial charge on any atom is -0.479 e. The second kappa shape index (κ2) is 9.25. The zero-order valence-corrected chi connectivity index (χ0v) is 20.1. The highest BCUT2D eigenvalue weighted by Gasteiger charge is 2.25. The molecule has 1 aromatic carbocycles. The molecule has 0 spiro atoms. The fourth-order valence-corrected chi connectivity index (χ4v) is 4.47. The number of benzene rings is 1. The second-order valence-electron chi connectivity index (χ2n) is 9.09. The van der Waals surface area contributed by atoms with E-state index in [-0.39, 0.29) is 5.92 Å². The van der Waals surface area contributed by atoms with Gasteiger partial charge in [-0.25, -0.2) is 19.6 Å². The predicted molar refractivity (Wildman–Crippen MR) is 133 cm³/mol. The summed E-state index contributed by atoms with van der Waals surface area (Å²) in [6, 6.07) is 12.9. The zero-order chi connectivity index (χ0) is 23.7. The van der Waals surface area contributed by atoms with E-state index >= 15 is 0 Å². The Morgan fingerprint density at radius 1 is 1.06 bits per heavy atom. The molecule has 34 heavy (non-hydrogen) atoms. The normalized spacial score (nSPS) is 15.7. The number of imidazole rings is 1. The molecule has 7 nitrogen and oxygen atoms in total. The Bertz CT molecular complexity index is 1320. The molecular weight excluding hydrogens is 424 g/mol. The number of rotatable bonds is 6. The lowest BCUT2D eigenvalue weighted by atomic mass is 9.89. The van der Waals surface area contributed by atoms with Gasteiger partial charge >= 0.3 is 0 Å². The molecule has 4 heterocycles. The van der Waals surface area contributed by atoms with Crippen LogP contribution in [0.15, 0.2) is 48.9 Å². The number of fused-ring (bicyclic) bond motifs is 1. The molecule has 0 bridgehead atoms. The fraction of sp³-hybridized carbons (Fsp3) is 0.333. The molecule has 5 rings (SSSR count). The van der Waals surface area contributed by atoms with Crippen molar-refractivity contribution in [1.29, 1.82) is 0 Å². The van der Waals surface area contributed by atoms with Crippen molar-refractivity contribution in [2.24, 2.45) is 0 Å². The Morgan fingerprint density at radius 3 is 2.59 bits per heavy atom. The van der Waals surface area contributed by atoms with Crippen LogP contribution in [0.3, 0.4) is 0 Å². The third kappa shape index (κ3) is 4.38. The summed E-state index contributed by atoms with van der Waals surface area (Å²) in [7, 11) is 1.63. The molecule has 1 atom stereocenters. The minimum absolute atomic E-state index is 0.278. The van der Waals surface area contributed by atoms with Crippen LogP contribution in [0.1, 0.15) is 72.7 Å². The van der Waals surface area contributed by atoms with Crippen molar-refractivity contribution >= 4 is 12.2 Å². The minimum atomic E-state index is 0.278. The molecule has 1 aliphatic heterocycles. The second-order valence-corrected chi connectivity index (χ2v) is 9.09. The van der Waals surface area contributed by atoms with Gasteiger partial charge in [0.2, 0.25) is 5.88 Å². The molecule has 0 unspecified atom stereocenters. The molecule has 0 N–H and O–H groups in total. The Morgan fingerprint density at radius 2 is 1.88 bits per heavy atom. The molecule has 174 valence electrons. The first kappa shape index (κ1) is 22.1. The molecule has 0 amide bonds. The van der Waals surface area contributed by atoms with Crippen LogP contribution in [0, 0.1) is 6.92 Å². The molecule has 0 saturated carbocycles. The van der Waals surface area contributed by atoms with Gasteiger partial charge in [-0.15, -0.1) is 0 Å². The van der Waals surface area contributed by atoms with Gasteiger partial charge < -0.3 is 9.30 Å². The maximum Gasteiger partial charge on any atom is 0.238 e. The van der Waals surface area contributed by atoms with Gasteiger partial charge in [0.05, 0.1) is 24.8 Å². The summed E-state index contributed by atoms with van der Waals surface area (Å²) in [5.74, 6) is 3.10. The van der Waals surface area contributed by atoms with Gasteiger partial charge in [0, 0.05) is 18.7 Å². The van der Waals surface area contributed by atoms with Crippen molar-refractivity contribution in [2.75, 3.05) is 7.11 Å². The van der Waals surface area contributed by atoms with Crippen molar-refractivity contribution < 1.29 is 4.74 Å². The highest BCUT2D eigenvalue weighted by atomic mass is 16.5. The molecule has 0 aliphatic carbocycles. The molecule has 1 aliphatic rings. The molecule has 7 heteroatoms. The van der Waals surface area contributed by atoms with E-state index in [1.165, 1.54) is 11.1 Å². The molecule has 0 radical (unpaired) electrons. The summed E-state index contributed by atoms with van der Waals surface area (Å²) in [6.07, 6.45) is 9.76. The Balaban J connectivity index is 1.38. The topological polar surface area (TPSA) is 70.7 Å². The Kier molecular flexibility index (Phi) is 6.01. The van der Waals surface area contributed by atoms with E-state index in [2.05, 4.69) is 52.8 Å². The summed E-state index contributed by atoms with van der Waals surface area (Å²) in [5, 5.41) is 4.75. The van der Waals surface area contributed by atoms with Gasteiger partial charge in [-0.2, -0.15) is 5.10 Å². The van der Waals surface area contributed by atoms with Crippen LogP contribution in [-0.2, 0) is 6.54 Å². The number of aryl methyl sites for hydroxylation is 2. The van der Waals surface area contributed by atoms with Crippen molar-refractivity contribution in [3.63, 3.8) is 0 Å². The van der Waals surface area contributed by atoms with Gasteiger partial charge in [-0.1, -0.05) is 38.1 Å². The van der Waals surface area contributed by atoms with E-state index in [1.807, 2.05) is 42.0 Å². The maximum absolute atomic E-state index is 5.53.